The summed E-state index contributed by atoms with van der Waals surface area (Å²) in [5.74, 6) is 0.171. The van der Waals surface area contributed by atoms with E-state index >= 15 is 0 Å². The normalized spacial score (nSPS) is 16.2. The van der Waals surface area contributed by atoms with Crippen molar-refractivity contribution in [1.29, 1.82) is 0 Å². The van der Waals surface area contributed by atoms with Crippen molar-refractivity contribution in [2.75, 3.05) is 13.7 Å². The molecule has 3 heterocycles. The van der Waals surface area contributed by atoms with Crippen molar-refractivity contribution in [2.24, 2.45) is 4.99 Å². The number of carbonyl (C=O) groups is 1. The number of allylic oxidation sites excluding steroid dienone is 1. The summed E-state index contributed by atoms with van der Waals surface area (Å²) in [6.07, 6.45) is 1.86. The minimum atomic E-state index is -0.638. The van der Waals surface area contributed by atoms with Gasteiger partial charge >= 0.3 is 5.97 Å². The Morgan fingerprint density at radius 1 is 1.30 bits per heavy atom. The van der Waals surface area contributed by atoms with Crippen LogP contribution in [0.2, 0.25) is 0 Å². The summed E-state index contributed by atoms with van der Waals surface area (Å²) in [5.41, 5.74) is 1.48. The Kier molecular flexibility index (Phi) is 5.69. The van der Waals surface area contributed by atoms with Gasteiger partial charge in [0.2, 0.25) is 0 Å². The summed E-state index contributed by atoms with van der Waals surface area (Å²) in [5, 5.41) is 1.96. The molecule has 0 spiro atoms. The smallest absolute Gasteiger partial charge is 0.338 e. The predicted molar refractivity (Wildman–Crippen MR) is 118 cm³/mol. The number of ether oxygens (including phenoxy) is 2. The van der Waals surface area contributed by atoms with Crippen LogP contribution in [0.25, 0.3) is 6.08 Å². The second-order valence-corrected chi connectivity index (χ2v) is 8.58. The van der Waals surface area contributed by atoms with E-state index in [2.05, 4.69) is 4.99 Å². The first-order valence-corrected chi connectivity index (χ1v) is 11.1. The molecular formula is C22H20N2O4S2. The molecule has 0 saturated carbocycles. The van der Waals surface area contributed by atoms with Crippen molar-refractivity contribution in [3.05, 3.63) is 83.2 Å². The zero-order valence-corrected chi connectivity index (χ0v) is 18.4. The number of rotatable bonds is 5. The molecule has 0 amide bonds. The highest BCUT2D eigenvalue weighted by Gasteiger charge is 2.33. The van der Waals surface area contributed by atoms with E-state index in [0.29, 0.717) is 26.4 Å². The Bertz CT molecular complexity index is 1300. The van der Waals surface area contributed by atoms with E-state index in [1.807, 2.05) is 47.9 Å². The topological polar surface area (TPSA) is 69.9 Å². The highest BCUT2D eigenvalue weighted by molar-refractivity contribution is 7.11. The van der Waals surface area contributed by atoms with Gasteiger partial charge in [-0.15, -0.1) is 11.3 Å². The lowest BCUT2D eigenvalue weighted by Crippen LogP contribution is -2.39. The van der Waals surface area contributed by atoms with E-state index in [4.69, 9.17) is 9.47 Å². The first kappa shape index (κ1) is 20.3. The quantitative estimate of drug-likeness (QED) is 0.572. The van der Waals surface area contributed by atoms with Gasteiger partial charge in [-0.25, -0.2) is 9.79 Å². The molecular weight excluding hydrogens is 420 g/mol. The average molecular weight is 441 g/mol. The number of esters is 1. The maximum absolute atomic E-state index is 13.4. The van der Waals surface area contributed by atoms with Gasteiger partial charge in [-0.1, -0.05) is 29.5 Å². The second kappa shape index (κ2) is 8.41. The third-order valence-electron chi connectivity index (χ3n) is 4.74. The van der Waals surface area contributed by atoms with Crippen molar-refractivity contribution in [2.45, 2.75) is 19.9 Å². The summed E-state index contributed by atoms with van der Waals surface area (Å²) in [6.45, 7) is 3.77. The molecule has 1 atom stereocenters. The van der Waals surface area contributed by atoms with E-state index in [1.54, 1.807) is 36.9 Å². The van der Waals surface area contributed by atoms with Gasteiger partial charge in [0.25, 0.3) is 5.56 Å². The van der Waals surface area contributed by atoms with E-state index in [9.17, 15) is 9.59 Å². The van der Waals surface area contributed by atoms with Crippen molar-refractivity contribution in [3.63, 3.8) is 0 Å². The van der Waals surface area contributed by atoms with Crippen LogP contribution in [0, 0.1) is 0 Å². The van der Waals surface area contributed by atoms with Crippen LogP contribution in [-0.4, -0.2) is 24.3 Å². The number of fused-ring (bicyclic) bond motifs is 1. The number of carbonyl (C=O) groups excluding carboxylic acids is 1. The summed E-state index contributed by atoms with van der Waals surface area (Å²) in [7, 11) is 1.58. The minimum absolute atomic E-state index is 0.186. The molecule has 1 aromatic carbocycles. The van der Waals surface area contributed by atoms with Crippen LogP contribution in [-0.2, 0) is 9.53 Å². The van der Waals surface area contributed by atoms with Crippen molar-refractivity contribution >= 4 is 34.7 Å². The highest BCUT2D eigenvalue weighted by Crippen LogP contribution is 2.32. The van der Waals surface area contributed by atoms with Gasteiger partial charge in [0.1, 0.15) is 5.75 Å². The number of hydrogen-bond acceptors (Lipinski definition) is 7. The first-order valence-electron chi connectivity index (χ1n) is 9.40. The van der Waals surface area contributed by atoms with Crippen LogP contribution in [0.3, 0.4) is 0 Å². The van der Waals surface area contributed by atoms with Crippen LogP contribution in [0.5, 0.6) is 5.75 Å². The molecule has 0 fully saturated rings. The van der Waals surface area contributed by atoms with E-state index in [0.717, 1.165) is 10.4 Å². The average Bonchev–Trinajstić information content (AvgIpc) is 3.35. The van der Waals surface area contributed by atoms with E-state index in [-0.39, 0.29) is 12.2 Å². The van der Waals surface area contributed by atoms with E-state index < -0.39 is 12.0 Å². The van der Waals surface area contributed by atoms with Crippen LogP contribution < -0.4 is 19.6 Å². The van der Waals surface area contributed by atoms with Gasteiger partial charge in [-0.2, -0.15) is 0 Å². The molecule has 0 aliphatic carbocycles. The lowest BCUT2D eigenvalue weighted by Gasteiger charge is -2.24. The number of nitrogens with zero attached hydrogens (tertiary/aromatic N) is 2. The molecule has 6 nitrogen and oxygen atoms in total. The van der Waals surface area contributed by atoms with Crippen LogP contribution in [0.15, 0.2) is 62.8 Å². The Morgan fingerprint density at radius 3 is 2.83 bits per heavy atom. The first-order chi connectivity index (χ1) is 14.5. The number of benzene rings is 1. The molecule has 0 radical (unpaired) electrons. The third-order valence-corrected chi connectivity index (χ3v) is 6.55. The number of hydrogen-bond donors (Lipinski definition) is 0. The second-order valence-electron chi connectivity index (χ2n) is 6.59. The molecule has 1 aliphatic rings. The highest BCUT2D eigenvalue weighted by atomic mass is 32.1. The van der Waals surface area contributed by atoms with Crippen LogP contribution >= 0.6 is 22.7 Å². The van der Waals surface area contributed by atoms with Gasteiger partial charge in [0.05, 0.1) is 35.6 Å². The Hall–Kier alpha value is -2.97. The Morgan fingerprint density at radius 2 is 2.13 bits per heavy atom. The number of aromatic nitrogens is 1. The molecule has 0 bridgehead atoms. The van der Waals surface area contributed by atoms with E-state index in [1.165, 1.54) is 11.3 Å². The lowest BCUT2D eigenvalue weighted by atomic mass is 9.95. The zero-order chi connectivity index (χ0) is 21.3. The van der Waals surface area contributed by atoms with Gasteiger partial charge in [-0.05, 0) is 49.1 Å². The molecule has 1 aliphatic heterocycles. The fraction of sp³-hybridized carbons (Fsp3) is 0.227. The van der Waals surface area contributed by atoms with Gasteiger partial charge in [0, 0.05) is 4.88 Å². The molecule has 2 aromatic heterocycles. The van der Waals surface area contributed by atoms with Crippen LogP contribution in [0.1, 0.15) is 30.3 Å². The zero-order valence-electron chi connectivity index (χ0n) is 16.7. The molecule has 8 heteroatoms. The van der Waals surface area contributed by atoms with Crippen LogP contribution in [0.4, 0.5) is 0 Å². The monoisotopic (exact) mass is 440 g/mol. The summed E-state index contributed by atoms with van der Waals surface area (Å²) in [6, 6.07) is 10.6. The Balaban J connectivity index is 1.98. The predicted octanol–water partition coefficient (Wildman–Crippen LogP) is 2.87. The number of thiazole rings is 1. The fourth-order valence-corrected chi connectivity index (χ4v) is 5.19. The van der Waals surface area contributed by atoms with Crippen molar-refractivity contribution < 1.29 is 14.3 Å². The third kappa shape index (κ3) is 3.64. The maximum Gasteiger partial charge on any atom is 0.338 e. The number of thiophene rings is 1. The van der Waals surface area contributed by atoms with Crippen molar-refractivity contribution in [3.8, 4) is 5.75 Å². The molecule has 0 unspecified atom stereocenters. The standard InChI is InChI=1S/C22H20N2O4S2/c1-4-28-21(26)18-13(2)23-22-24(19(18)14-7-5-8-15(11-14)27-3)20(25)17(30-22)12-16-9-6-10-29-16/h5-12,19H,4H2,1-3H3/b17-12-/t19-/m0/s1. The fourth-order valence-electron chi connectivity index (χ4n) is 3.42. The summed E-state index contributed by atoms with van der Waals surface area (Å²) < 4.78 is 12.8. The molecule has 3 aromatic rings. The Labute approximate surface area is 181 Å². The van der Waals surface area contributed by atoms with Gasteiger partial charge in [0.15, 0.2) is 4.80 Å². The van der Waals surface area contributed by atoms with Crippen molar-refractivity contribution in [1.82, 2.24) is 4.57 Å². The molecule has 30 heavy (non-hydrogen) atoms. The molecule has 0 saturated heterocycles. The molecule has 4 rings (SSSR count). The SMILES string of the molecule is CCOC(=O)C1=C(C)N=c2s/c(=C\c3cccs3)c(=O)n2[C@H]1c1cccc(OC)c1. The molecule has 0 N–H and O–H groups in total. The lowest BCUT2D eigenvalue weighted by molar-refractivity contribution is -0.139. The maximum atomic E-state index is 13.4. The number of methoxy groups -OCH3 is 1. The summed E-state index contributed by atoms with van der Waals surface area (Å²) in [4.78, 5) is 32.3. The van der Waals surface area contributed by atoms with Gasteiger partial charge < -0.3 is 9.47 Å². The summed E-state index contributed by atoms with van der Waals surface area (Å²) >= 11 is 2.88. The molecule has 154 valence electrons. The minimum Gasteiger partial charge on any atom is -0.497 e. The van der Waals surface area contributed by atoms with Gasteiger partial charge in [-0.3, -0.25) is 9.36 Å². The largest absolute Gasteiger partial charge is 0.497 e.